The van der Waals surface area contributed by atoms with Crippen molar-refractivity contribution < 1.29 is 9.59 Å². The zero-order chi connectivity index (χ0) is 27.9. The maximum atomic E-state index is 14.0. The summed E-state index contributed by atoms with van der Waals surface area (Å²) in [6.07, 6.45) is 4.94. The minimum atomic E-state index is -0.315. The minimum Gasteiger partial charge on any atom is -0.351 e. The Morgan fingerprint density at radius 2 is 1.38 bits per heavy atom. The molecule has 3 aromatic rings. The van der Waals surface area contributed by atoms with Crippen molar-refractivity contribution in [3.63, 3.8) is 0 Å². The van der Waals surface area contributed by atoms with E-state index in [1.54, 1.807) is 0 Å². The minimum absolute atomic E-state index is 0.0989. The molecule has 2 aliphatic carbocycles. The molecule has 0 fully saturated rings. The van der Waals surface area contributed by atoms with Crippen LogP contribution in [0, 0.1) is 24.7 Å². The van der Waals surface area contributed by atoms with Crippen molar-refractivity contribution in [2.24, 2.45) is 10.8 Å². The summed E-state index contributed by atoms with van der Waals surface area (Å²) < 4.78 is 2.31. The van der Waals surface area contributed by atoms with E-state index in [4.69, 9.17) is 0 Å². The molecule has 202 valence electrons. The van der Waals surface area contributed by atoms with Crippen LogP contribution in [0.5, 0.6) is 0 Å². The molecule has 39 heavy (non-hydrogen) atoms. The van der Waals surface area contributed by atoms with E-state index in [1.165, 1.54) is 16.7 Å². The second kappa shape index (κ2) is 8.81. The van der Waals surface area contributed by atoms with Gasteiger partial charge in [0.2, 0.25) is 0 Å². The van der Waals surface area contributed by atoms with Gasteiger partial charge in [0.05, 0.1) is 0 Å². The molecule has 2 heterocycles. The number of nitrogens with zero attached hydrogens (tertiary/aromatic N) is 2. The molecule has 0 radical (unpaired) electrons. The summed E-state index contributed by atoms with van der Waals surface area (Å²) in [6, 6.07) is 15.1. The normalized spacial score (nSPS) is 21.1. The molecule has 0 unspecified atom stereocenters. The number of fused-ring (bicyclic) bond motifs is 1. The Hall–Kier alpha value is -3.40. The summed E-state index contributed by atoms with van der Waals surface area (Å²) in [6.45, 7) is 13.8. The fourth-order valence-electron chi connectivity index (χ4n) is 7.21. The standard InChI is InChI=1S/C35H40N2O2/c1-21-12-13-23(14-22(21)2)19-37-20-25(24-10-8-9-11-26(24)37)31-32-27(15-34(3,4)17-29(32)38)36(7)28-16-35(5,6)18-30(39)33(28)31/h8-14,20,31H,15-19H2,1-7H3. The number of hydrogen-bond donors (Lipinski definition) is 0. The predicted octanol–water partition coefficient (Wildman–Crippen LogP) is 7.62. The number of allylic oxidation sites excluding steroid dienone is 4. The molecule has 0 saturated heterocycles. The van der Waals surface area contributed by atoms with Gasteiger partial charge in [0.25, 0.3) is 0 Å². The largest absolute Gasteiger partial charge is 0.351 e. The lowest BCUT2D eigenvalue weighted by atomic mass is 9.64. The van der Waals surface area contributed by atoms with Crippen LogP contribution in [0.1, 0.15) is 81.5 Å². The molecule has 0 atom stereocenters. The summed E-state index contributed by atoms with van der Waals surface area (Å²) >= 11 is 0. The van der Waals surface area contributed by atoms with Gasteiger partial charge in [0, 0.05) is 72.0 Å². The first-order chi connectivity index (χ1) is 18.3. The summed E-state index contributed by atoms with van der Waals surface area (Å²) in [5.74, 6) is 0.0610. The van der Waals surface area contributed by atoms with Gasteiger partial charge in [-0.15, -0.1) is 0 Å². The number of aryl methyl sites for hydroxylation is 2. The zero-order valence-corrected chi connectivity index (χ0v) is 24.4. The van der Waals surface area contributed by atoms with E-state index in [0.29, 0.717) is 12.8 Å². The van der Waals surface area contributed by atoms with Gasteiger partial charge in [0.1, 0.15) is 0 Å². The number of ketones is 2. The Morgan fingerprint density at radius 3 is 1.97 bits per heavy atom. The lowest BCUT2D eigenvalue weighted by Gasteiger charge is -2.47. The number of Topliss-reactive ketones (excluding diaryl/α,β-unsaturated/α-hetero) is 2. The highest BCUT2D eigenvalue weighted by Gasteiger charge is 2.48. The molecule has 0 saturated carbocycles. The van der Waals surface area contributed by atoms with Crippen LogP contribution in [0.2, 0.25) is 0 Å². The Balaban J connectivity index is 1.58. The van der Waals surface area contributed by atoms with Crippen LogP contribution in [0.4, 0.5) is 0 Å². The molecule has 0 N–H and O–H groups in total. The van der Waals surface area contributed by atoms with Crippen molar-refractivity contribution in [2.45, 2.75) is 79.7 Å². The van der Waals surface area contributed by atoms with E-state index in [1.807, 2.05) is 0 Å². The Labute approximate surface area is 232 Å². The molecule has 2 aromatic carbocycles. The Kier molecular flexibility index (Phi) is 5.84. The van der Waals surface area contributed by atoms with Crippen LogP contribution < -0.4 is 0 Å². The van der Waals surface area contributed by atoms with E-state index >= 15 is 0 Å². The monoisotopic (exact) mass is 520 g/mol. The van der Waals surface area contributed by atoms with Crippen molar-refractivity contribution >= 4 is 22.5 Å². The van der Waals surface area contributed by atoms with Crippen LogP contribution in [0.3, 0.4) is 0 Å². The van der Waals surface area contributed by atoms with Gasteiger partial charge in [-0.3, -0.25) is 9.59 Å². The maximum absolute atomic E-state index is 14.0. The third-order valence-electron chi connectivity index (χ3n) is 9.23. The number of aromatic nitrogens is 1. The van der Waals surface area contributed by atoms with Gasteiger partial charge in [-0.2, -0.15) is 0 Å². The van der Waals surface area contributed by atoms with E-state index in [9.17, 15) is 9.59 Å². The number of carbonyl (C=O) groups excluding carboxylic acids is 2. The molecule has 0 bridgehead atoms. The second-order valence-corrected chi connectivity index (χ2v) is 13.7. The predicted molar refractivity (Wildman–Crippen MR) is 158 cm³/mol. The van der Waals surface area contributed by atoms with Crippen molar-refractivity contribution in [1.82, 2.24) is 9.47 Å². The first-order valence-corrected chi connectivity index (χ1v) is 14.3. The number of hydrogen-bond acceptors (Lipinski definition) is 3. The summed E-state index contributed by atoms with van der Waals surface area (Å²) in [5.41, 5.74) is 9.76. The first kappa shape index (κ1) is 25.9. The SMILES string of the molecule is Cc1ccc(Cn2cc(C3C4=C(CC(C)(C)CC4=O)N(C)C4=C3C(=O)CC(C)(C)C4)c3ccccc32)cc1C. The highest BCUT2D eigenvalue weighted by molar-refractivity contribution is 6.08. The summed E-state index contributed by atoms with van der Waals surface area (Å²) in [7, 11) is 2.08. The number of carbonyl (C=O) groups is 2. The molecule has 6 rings (SSSR count). The number of benzene rings is 2. The lowest BCUT2D eigenvalue weighted by molar-refractivity contribution is -0.119. The summed E-state index contributed by atoms with van der Waals surface area (Å²) in [4.78, 5) is 30.1. The maximum Gasteiger partial charge on any atom is 0.162 e. The number of para-hydroxylation sites is 1. The van der Waals surface area contributed by atoms with Crippen LogP contribution in [0.15, 0.2) is 71.2 Å². The van der Waals surface area contributed by atoms with Gasteiger partial charge in [-0.25, -0.2) is 0 Å². The third-order valence-corrected chi connectivity index (χ3v) is 9.23. The first-order valence-electron chi connectivity index (χ1n) is 14.3. The van der Waals surface area contributed by atoms with Crippen molar-refractivity contribution in [3.05, 3.63) is 93.5 Å². The average Bonchev–Trinajstić information content (AvgIpc) is 3.19. The molecular weight excluding hydrogens is 480 g/mol. The molecule has 4 nitrogen and oxygen atoms in total. The van der Waals surface area contributed by atoms with Crippen molar-refractivity contribution in [3.8, 4) is 0 Å². The third kappa shape index (κ3) is 4.29. The topological polar surface area (TPSA) is 42.3 Å². The highest BCUT2D eigenvalue weighted by Crippen LogP contribution is 2.54. The highest BCUT2D eigenvalue weighted by atomic mass is 16.1. The molecule has 0 amide bonds. The molecule has 1 aliphatic heterocycles. The van der Waals surface area contributed by atoms with E-state index < -0.39 is 0 Å². The number of rotatable bonds is 3. The Bertz CT molecular complexity index is 1560. The molecule has 3 aliphatic rings. The molecule has 1 aromatic heterocycles. The van der Waals surface area contributed by atoms with Crippen molar-refractivity contribution in [2.75, 3.05) is 7.05 Å². The molecule has 4 heteroatoms. The fraction of sp³-hybridized carbons (Fsp3) is 0.429. The zero-order valence-electron chi connectivity index (χ0n) is 24.4. The van der Waals surface area contributed by atoms with Gasteiger partial charge < -0.3 is 9.47 Å². The summed E-state index contributed by atoms with van der Waals surface area (Å²) in [5, 5.41) is 1.13. The van der Waals surface area contributed by atoms with Crippen LogP contribution in [-0.2, 0) is 16.1 Å². The van der Waals surface area contributed by atoms with Crippen LogP contribution >= 0.6 is 0 Å². The van der Waals surface area contributed by atoms with Crippen LogP contribution in [-0.4, -0.2) is 28.1 Å². The van der Waals surface area contributed by atoms with Gasteiger partial charge >= 0.3 is 0 Å². The van der Waals surface area contributed by atoms with Gasteiger partial charge in [-0.05, 0) is 65.8 Å². The second-order valence-electron chi connectivity index (χ2n) is 13.7. The smallest absolute Gasteiger partial charge is 0.162 e. The van der Waals surface area contributed by atoms with Crippen LogP contribution in [0.25, 0.3) is 10.9 Å². The Morgan fingerprint density at radius 1 is 0.795 bits per heavy atom. The quantitative estimate of drug-likeness (QED) is 0.357. The lowest BCUT2D eigenvalue weighted by Crippen LogP contribution is -2.43. The van der Waals surface area contributed by atoms with Gasteiger partial charge in [-0.1, -0.05) is 64.1 Å². The van der Waals surface area contributed by atoms with Crippen molar-refractivity contribution in [1.29, 1.82) is 0 Å². The van der Waals surface area contributed by atoms with E-state index in [0.717, 1.165) is 58.4 Å². The van der Waals surface area contributed by atoms with E-state index in [-0.39, 0.29) is 28.3 Å². The van der Waals surface area contributed by atoms with E-state index in [2.05, 4.69) is 107 Å². The molecular formula is C35H40N2O2. The molecule has 0 spiro atoms. The van der Waals surface area contributed by atoms with Gasteiger partial charge in [0.15, 0.2) is 11.6 Å². The fourth-order valence-corrected chi connectivity index (χ4v) is 7.21. The average molecular weight is 521 g/mol.